The average molecular weight is 378 g/mol. The second kappa shape index (κ2) is 9.71. The summed E-state index contributed by atoms with van der Waals surface area (Å²) in [6.07, 6.45) is 3.68. The number of nitrogens with zero attached hydrogens (tertiary/aromatic N) is 2. The molecule has 1 atom stereocenters. The molecule has 3 rings (SSSR count). The van der Waals surface area contributed by atoms with Crippen molar-refractivity contribution >= 4 is 5.76 Å². The van der Waals surface area contributed by atoms with Crippen LogP contribution in [-0.4, -0.2) is 64.7 Å². The molecule has 27 heavy (non-hydrogen) atoms. The van der Waals surface area contributed by atoms with Gasteiger partial charge < -0.3 is 18.9 Å². The Kier molecular flexibility index (Phi) is 7.06. The third kappa shape index (κ3) is 4.99. The molecule has 0 aliphatic carbocycles. The van der Waals surface area contributed by atoms with E-state index in [0.29, 0.717) is 23.9 Å². The molecule has 0 amide bonds. The summed E-state index contributed by atoms with van der Waals surface area (Å²) in [6, 6.07) is 3.72. The number of halogens is 1. The van der Waals surface area contributed by atoms with Crippen LogP contribution in [0.1, 0.15) is 6.92 Å². The van der Waals surface area contributed by atoms with Crippen LogP contribution >= 0.6 is 0 Å². The summed E-state index contributed by atoms with van der Waals surface area (Å²) < 4.78 is 35.1. The van der Waals surface area contributed by atoms with Crippen molar-refractivity contribution in [2.45, 2.75) is 6.92 Å². The van der Waals surface area contributed by atoms with E-state index in [2.05, 4.69) is 9.89 Å². The summed E-state index contributed by atoms with van der Waals surface area (Å²) in [5.74, 6) is 1.94. The molecule has 7 heteroatoms. The lowest BCUT2D eigenvalue weighted by Crippen LogP contribution is -2.38. The van der Waals surface area contributed by atoms with Gasteiger partial charge in [-0.15, -0.1) is 0 Å². The predicted molar refractivity (Wildman–Crippen MR) is 100 cm³/mol. The monoisotopic (exact) mass is 378 g/mol. The Balaban J connectivity index is 1.84. The highest BCUT2D eigenvalue weighted by atomic mass is 19.1. The molecule has 2 heterocycles. The van der Waals surface area contributed by atoms with Crippen molar-refractivity contribution in [3.8, 4) is 11.5 Å². The number of methoxy groups -OCH3 is 1. The highest BCUT2D eigenvalue weighted by Crippen LogP contribution is 2.24. The van der Waals surface area contributed by atoms with Crippen LogP contribution in [0.5, 0.6) is 11.5 Å². The van der Waals surface area contributed by atoms with Gasteiger partial charge in [-0.2, -0.15) is 0 Å². The van der Waals surface area contributed by atoms with Crippen LogP contribution in [0.2, 0.25) is 0 Å². The molecule has 1 unspecified atom stereocenters. The van der Waals surface area contributed by atoms with E-state index in [1.807, 2.05) is 25.1 Å². The van der Waals surface area contributed by atoms with Gasteiger partial charge in [-0.25, -0.2) is 4.39 Å². The fourth-order valence-corrected chi connectivity index (χ4v) is 3.18. The molecule has 0 bridgehead atoms. The van der Waals surface area contributed by atoms with E-state index in [1.54, 1.807) is 13.3 Å². The van der Waals surface area contributed by atoms with Crippen LogP contribution in [-0.2, 0) is 9.47 Å². The lowest BCUT2D eigenvalue weighted by molar-refractivity contribution is 0.0321. The van der Waals surface area contributed by atoms with E-state index in [4.69, 9.17) is 18.9 Å². The molecular weight excluding hydrogens is 351 g/mol. The molecule has 1 fully saturated rings. The summed E-state index contributed by atoms with van der Waals surface area (Å²) >= 11 is 0. The predicted octanol–water partition coefficient (Wildman–Crippen LogP) is 1.28. The quantitative estimate of drug-likeness (QED) is 0.682. The Morgan fingerprint density at radius 2 is 2.00 bits per heavy atom. The fourth-order valence-electron chi connectivity index (χ4n) is 3.18. The van der Waals surface area contributed by atoms with Crippen LogP contribution < -0.4 is 20.0 Å². The fraction of sp³-hybridized carbons (Fsp3) is 0.550. The lowest BCUT2D eigenvalue weighted by atomic mass is 10.1. The first-order valence-corrected chi connectivity index (χ1v) is 9.31. The average Bonchev–Trinajstić information content (AvgIpc) is 2.84. The normalized spacial score (nSPS) is 19.8. The van der Waals surface area contributed by atoms with E-state index in [-0.39, 0.29) is 12.5 Å². The largest absolute Gasteiger partial charge is 0.494 e. The first kappa shape index (κ1) is 19.6. The highest BCUT2D eigenvalue weighted by molar-refractivity contribution is 5.49. The molecule has 148 valence electrons. The molecule has 1 aromatic carbocycles. The van der Waals surface area contributed by atoms with Crippen molar-refractivity contribution in [3.05, 3.63) is 35.0 Å². The molecule has 0 spiro atoms. The summed E-state index contributed by atoms with van der Waals surface area (Å²) in [6.45, 7) is 6.24. The Labute approximate surface area is 158 Å². The Morgan fingerprint density at radius 3 is 2.74 bits per heavy atom. The Morgan fingerprint density at radius 1 is 1.19 bits per heavy atom. The van der Waals surface area contributed by atoms with Crippen LogP contribution in [0.15, 0.2) is 29.4 Å². The number of hydrogen-bond donors (Lipinski definition) is 0. The molecule has 0 saturated carbocycles. The number of hydrogen-bond acceptors (Lipinski definition) is 6. The van der Waals surface area contributed by atoms with E-state index in [1.165, 1.54) is 0 Å². The standard InChI is InChI=1S/C20H27FN2O4/c1-15-3-5-22-17-14-19(26-12-8-23-6-10-25-11-7-23)18(24-2)13-16(17)20(15)27-9-4-21/h3,5,13-15H,4,6-12H2,1-2H3. The number of benzene rings is 1. The number of fused-ring (bicyclic) bond motifs is 1. The second-order valence-corrected chi connectivity index (χ2v) is 6.48. The van der Waals surface area contributed by atoms with E-state index in [0.717, 1.165) is 43.4 Å². The third-order valence-electron chi connectivity index (χ3n) is 4.65. The van der Waals surface area contributed by atoms with Crippen LogP contribution in [0.3, 0.4) is 0 Å². The second-order valence-electron chi connectivity index (χ2n) is 6.48. The SMILES string of the molecule is COc1cc2c(cc1OCCN1CCOCC1)=NC=CC(C)C=2OCCF. The van der Waals surface area contributed by atoms with Crippen molar-refractivity contribution in [3.63, 3.8) is 0 Å². The zero-order valence-electron chi connectivity index (χ0n) is 15.9. The van der Waals surface area contributed by atoms with Gasteiger partial charge in [-0.3, -0.25) is 9.89 Å². The Hall–Kier alpha value is -2.12. The molecule has 0 N–H and O–H groups in total. The molecule has 1 saturated heterocycles. The summed E-state index contributed by atoms with van der Waals surface area (Å²) in [7, 11) is 1.61. The zero-order chi connectivity index (χ0) is 19.1. The smallest absolute Gasteiger partial charge is 0.163 e. The zero-order valence-corrected chi connectivity index (χ0v) is 15.9. The maximum atomic E-state index is 12.6. The van der Waals surface area contributed by atoms with Crippen LogP contribution in [0.4, 0.5) is 4.39 Å². The van der Waals surface area contributed by atoms with Crippen molar-refractivity contribution < 1.29 is 23.3 Å². The minimum absolute atomic E-state index is 0.000607. The van der Waals surface area contributed by atoms with Gasteiger partial charge in [-0.05, 0) is 6.07 Å². The van der Waals surface area contributed by atoms with Crippen molar-refractivity contribution in [2.75, 3.05) is 59.8 Å². The minimum Gasteiger partial charge on any atom is -0.494 e. The number of rotatable bonds is 8. The molecule has 0 radical (unpaired) electrons. The summed E-state index contributed by atoms with van der Waals surface area (Å²) in [5, 5.41) is 1.53. The Bertz CT molecular complexity index is 775. The van der Waals surface area contributed by atoms with Gasteiger partial charge in [0.05, 0.1) is 25.7 Å². The van der Waals surface area contributed by atoms with Crippen LogP contribution in [0, 0.1) is 5.92 Å². The molecule has 0 aromatic heterocycles. The van der Waals surface area contributed by atoms with Crippen molar-refractivity contribution in [2.24, 2.45) is 10.9 Å². The molecule has 2 aliphatic heterocycles. The summed E-state index contributed by atoms with van der Waals surface area (Å²) in [5.41, 5.74) is 0. The number of morpholine rings is 1. The van der Waals surface area contributed by atoms with Crippen molar-refractivity contribution in [1.82, 2.24) is 4.90 Å². The van der Waals surface area contributed by atoms with Crippen LogP contribution in [0.25, 0.3) is 5.76 Å². The van der Waals surface area contributed by atoms with Gasteiger partial charge in [0.1, 0.15) is 25.6 Å². The van der Waals surface area contributed by atoms with Gasteiger partial charge in [0.25, 0.3) is 0 Å². The molecule has 1 aromatic rings. The van der Waals surface area contributed by atoms with E-state index >= 15 is 0 Å². The number of alkyl halides is 1. The van der Waals surface area contributed by atoms with E-state index in [9.17, 15) is 4.39 Å². The van der Waals surface area contributed by atoms with Gasteiger partial charge in [0.15, 0.2) is 11.5 Å². The lowest BCUT2D eigenvalue weighted by Gasteiger charge is -2.26. The summed E-state index contributed by atoms with van der Waals surface area (Å²) in [4.78, 5) is 6.80. The van der Waals surface area contributed by atoms with Gasteiger partial charge in [0.2, 0.25) is 0 Å². The maximum absolute atomic E-state index is 12.6. The number of ether oxygens (including phenoxy) is 4. The molecular formula is C20H27FN2O4. The topological polar surface area (TPSA) is 52.5 Å². The third-order valence-corrected chi connectivity index (χ3v) is 4.65. The van der Waals surface area contributed by atoms with Gasteiger partial charge in [-0.1, -0.05) is 13.0 Å². The maximum Gasteiger partial charge on any atom is 0.163 e. The molecule has 2 aliphatic rings. The van der Waals surface area contributed by atoms with Gasteiger partial charge >= 0.3 is 0 Å². The highest BCUT2D eigenvalue weighted by Gasteiger charge is 2.16. The van der Waals surface area contributed by atoms with Crippen molar-refractivity contribution in [1.29, 1.82) is 0 Å². The molecule has 6 nitrogen and oxygen atoms in total. The van der Waals surface area contributed by atoms with Gasteiger partial charge in [0, 0.05) is 43.0 Å². The first-order valence-electron chi connectivity index (χ1n) is 9.31. The first-order chi connectivity index (χ1) is 13.2. The minimum atomic E-state index is -0.535. The van der Waals surface area contributed by atoms with E-state index < -0.39 is 6.67 Å².